The highest BCUT2D eigenvalue weighted by atomic mass is 35.5. The number of halogens is 1. The second kappa shape index (κ2) is 5.89. The number of hydrogen-bond acceptors (Lipinski definition) is 3. The Hall–Kier alpha value is -1.52. The summed E-state index contributed by atoms with van der Waals surface area (Å²) in [5.74, 6) is -0.273. The van der Waals surface area contributed by atoms with Crippen LogP contribution < -0.4 is 5.32 Å². The molecule has 1 amide bonds. The Bertz CT molecular complexity index is 553. The van der Waals surface area contributed by atoms with E-state index in [1.807, 2.05) is 12.1 Å². The third kappa shape index (κ3) is 3.24. The first kappa shape index (κ1) is 12.9. The lowest BCUT2D eigenvalue weighted by molar-refractivity contribution is 0.0951. The summed E-state index contributed by atoms with van der Waals surface area (Å²) in [5, 5.41) is 12.3. The number of para-hydroxylation sites is 1. The van der Waals surface area contributed by atoms with Crippen molar-refractivity contribution >= 4 is 28.8 Å². The Morgan fingerprint density at radius 3 is 2.72 bits per heavy atom. The Labute approximate surface area is 114 Å². The van der Waals surface area contributed by atoms with E-state index in [1.165, 1.54) is 17.4 Å². The number of hydrogen-bond donors (Lipinski definition) is 2. The molecule has 0 radical (unpaired) electrons. The van der Waals surface area contributed by atoms with Crippen LogP contribution in [0.5, 0.6) is 5.75 Å². The van der Waals surface area contributed by atoms with Crippen molar-refractivity contribution in [3.8, 4) is 5.75 Å². The van der Waals surface area contributed by atoms with Gasteiger partial charge >= 0.3 is 0 Å². The van der Waals surface area contributed by atoms with Gasteiger partial charge in [0.2, 0.25) is 0 Å². The van der Waals surface area contributed by atoms with Crippen LogP contribution in [-0.2, 0) is 6.42 Å². The first-order valence-electron chi connectivity index (χ1n) is 5.47. The van der Waals surface area contributed by atoms with Crippen molar-refractivity contribution in [2.24, 2.45) is 0 Å². The standard InChI is InChI=1S/C13H12ClNO2S/c14-12-6-5-9(18-12)7-8-15-13(17)10-3-1-2-4-11(10)16/h1-6,16H,7-8H2,(H,15,17). The maximum Gasteiger partial charge on any atom is 0.255 e. The topological polar surface area (TPSA) is 49.3 Å². The molecule has 0 aliphatic heterocycles. The molecule has 0 saturated carbocycles. The van der Waals surface area contributed by atoms with E-state index in [0.717, 1.165) is 15.6 Å². The molecule has 3 nitrogen and oxygen atoms in total. The summed E-state index contributed by atoms with van der Waals surface area (Å²) in [4.78, 5) is 12.9. The van der Waals surface area contributed by atoms with E-state index in [1.54, 1.807) is 18.2 Å². The Kier molecular flexibility index (Phi) is 4.23. The van der Waals surface area contributed by atoms with Gasteiger partial charge in [-0.05, 0) is 30.7 Å². The van der Waals surface area contributed by atoms with Crippen LogP contribution >= 0.6 is 22.9 Å². The van der Waals surface area contributed by atoms with Gasteiger partial charge in [0.05, 0.1) is 9.90 Å². The van der Waals surface area contributed by atoms with Crippen LogP contribution in [0.25, 0.3) is 0 Å². The Morgan fingerprint density at radius 2 is 2.06 bits per heavy atom. The molecule has 1 aromatic carbocycles. The minimum Gasteiger partial charge on any atom is -0.507 e. The minimum absolute atomic E-state index is 0.00540. The molecule has 5 heteroatoms. The number of carbonyl (C=O) groups is 1. The van der Waals surface area contributed by atoms with E-state index in [4.69, 9.17) is 11.6 Å². The van der Waals surface area contributed by atoms with Crippen molar-refractivity contribution in [2.75, 3.05) is 6.54 Å². The fourth-order valence-corrected chi connectivity index (χ4v) is 2.63. The molecule has 2 rings (SSSR count). The molecule has 0 saturated heterocycles. The van der Waals surface area contributed by atoms with Crippen LogP contribution in [0.15, 0.2) is 36.4 Å². The molecule has 0 aliphatic rings. The van der Waals surface area contributed by atoms with Crippen molar-refractivity contribution in [3.05, 3.63) is 51.2 Å². The number of phenolic OH excluding ortho intramolecular Hbond substituents is 1. The van der Waals surface area contributed by atoms with Crippen LogP contribution in [0, 0.1) is 0 Å². The number of carbonyl (C=O) groups excluding carboxylic acids is 1. The van der Waals surface area contributed by atoms with Crippen molar-refractivity contribution in [1.29, 1.82) is 0 Å². The lowest BCUT2D eigenvalue weighted by atomic mass is 10.2. The van der Waals surface area contributed by atoms with Gasteiger partial charge < -0.3 is 10.4 Å². The van der Waals surface area contributed by atoms with Gasteiger partial charge in [-0.1, -0.05) is 23.7 Å². The summed E-state index contributed by atoms with van der Waals surface area (Å²) < 4.78 is 0.747. The monoisotopic (exact) mass is 281 g/mol. The average Bonchev–Trinajstić information content (AvgIpc) is 2.75. The first-order chi connectivity index (χ1) is 8.66. The lowest BCUT2D eigenvalue weighted by Crippen LogP contribution is -2.25. The molecule has 0 fully saturated rings. The zero-order chi connectivity index (χ0) is 13.0. The second-order valence-corrected chi connectivity index (χ2v) is 5.53. The summed E-state index contributed by atoms with van der Waals surface area (Å²) in [5.41, 5.74) is 0.293. The van der Waals surface area contributed by atoms with Crippen molar-refractivity contribution in [2.45, 2.75) is 6.42 Å². The summed E-state index contributed by atoms with van der Waals surface area (Å²) in [6.45, 7) is 0.518. The molecule has 1 aromatic heterocycles. The van der Waals surface area contributed by atoms with Crippen molar-refractivity contribution in [3.63, 3.8) is 0 Å². The van der Waals surface area contributed by atoms with E-state index >= 15 is 0 Å². The first-order valence-corrected chi connectivity index (χ1v) is 6.66. The summed E-state index contributed by atoms with van der Waals surface area (Å²) in [7, 11) is 0. The highest BCUT2D eigenvalue weighted by Gasteiger charge is 2.09. The van der Waals surface area contributed by atoms with Gasteiger partial charge in [0.1, 0.15) is 5.75 Å². The molecule has 0 bridgehead atoms. The summed E-state index contributed by atoms with van der Waals surface area (Å²) in [6.07, 6.45) is 0.733. The zero-order valence-electron chi connectivity index (χ0n) is 9.52. The van der Waals surface area contributed by atoms with E-state index in [9.17, 15) is 9.90 Å². The van der Waals surface area contributed by atoms with Crippen molar-refractivity contribution < 1.29 is 9.90 Å². The fraction of sp³-hybridized carbons (Fsp3) is 0.154. The molecule has 18 heavy (non-hydrogen) atoms. The van der Waals surface area contributed by atoms with Gasteiger partial charge in [0.15, 0.2) is 0 Å². The quantitative estimate of drug-likeness (QED) is 0.905. The van der Waals surface area contributed by atoms with Gasteiger partial charge in [-0.3, -0.25) is 4.79 Å². The average molecular weight is 282 g/mol. The molecule has 0 atom stereocenters. The zero-order valence-corrected chi connectivity index (χ0v) is 11.1. The van der Waals surface area contributed by atoms with E-state index in [2.05, 4.69) is 5.32 Å². The summed E-state index contributed by atoms with van der Waals surface area (Å²) in [6, 6.07) is 10.3. The number of amides is 1. The number of phenols is 1. The maximum atomic E-state index is 11.8. The van der Waals surface area contributed by atoms with E-state index in [-0.39, 0.29) is 11.7 Å². The smallest absolute Gasteiger partial charge is 0.255 e. The van der Waals surface area contributed by atoms with E-state index < -0.39 is 0 Å². The summed E-state index contributed by atoms with van der Waals surface area (Å²) >= 11 is 7.32. The number of thiophene rings is 1. The van der Waals surface area contributed by atoms with Crippen LogP contribution in [-0.4, -0.2) is 17.6 Å². The predicted molar refractivity (Wildman–Crippen MR) is 73.5 cm³/mol. The fourth-order valence-electron chi connectivity index (χ4n) is 1.55. The number of benzene rings is 1. The Morgan fingerprint density at radius 1 is 1.28 bits per heavy atom. The van der Waals surface area contributed by atoms with Gasteiger partial charge in [0.25, 0.3) is 5.91 Å². The molecule has 2 aromatic rings. The Balaban J connectivity index is 1.87. The molecule has 0 aliphatic carbocycles. The van der Waals surface area contributed by atoms with Gasteiger partial charge in [0, 0.05) is 11.4 Å². The second-order valence-electron chi connectivity index (χ2n) is 3.73. The van der Waals surface area contributed by atoms with Crippen LogP contribution in [0.2, 0.25) is 4.34 Å². The van der Waals surface area contributed by atoms with Gasteiger partial charge in [-0.2, -0.15) is 0 Å². The number of aromatic hydroxyl groups is 1. The van der Waals surface area contributed by atoms with E-state index in [0.29, 0.717) is 12.1 Å². The third-order valence-electron chi connectivity index (χ3n) is 2.43. The van der Waals surface area contributed by atoms with Gasteiger partial charge in [-0.15, -0.1) is 11.3 Å². The molecule has 0 unspecified atom stereocenters. The largest absolute Gasteiger partial charge is 0.507 e. The third-order valence-corrected chi connectivity index (χ3v) is 3.73. The molecule has 2 N–H and O–H groups in total. The van der Waals surface area contributed by atoms with Gasteiger partial charge in [-0.25, -0.2) is 0 Å². The molecule has 94 valence electrons. The van der Waals surface area contributed by atoms with Crippen LogP contribution in [0.4, 0.5) is 0 Å². The highest BCUT2D eigenvalue weighted by molar-refractivity contribution is 7.16. The number of rotatable bonds is 4. The predicted octanol–water partition coefficient (Wildman–Crippen LogP) is 3.08. The van der Waals surface area contributed by atoms with Crippen LogP contribution in [0.3, 0.4) is 0 Å². The SMILES string of the molecule is O=C(NCCc1ccc(Cl)s1)c1ccccc1O. The van der Waals surface area contributed by atoms with Crippen LogP contribution in [0.1, 0.15) is 15.2 Å². The molecule has 1 heterocycles. The minimum atomic E-state index is -0.268. The molecular weight excluding hydrogens is 270 g/mol. The molecular formula is C13H12ClNO2S. The maximum absolute atomic E-state index is 11.8. The highest BCUT2D eigenvalue weighted by Crippen LogP contribution is 2.21. The lowest BCUT2D eigenvalue weighted by Gasteiger charge is -2.05. The normalized spacial score (nSPS) is 10.3. The number of nitrogens with one attached hydrogen (secondary N) is 1. The van der Waals surface area contributed by atoms with Crippen molar-refractivity contribution in [1.82, 2.24) is 5.32 Å². The molecule has 0 spiro atoms.